The standard InChI is InChI=1S/C14H20N2O4S/c1-16(10-12-9-15-7-8-20-12)14(17)11-3-5-13(6-4-11)21(2,18)19/h3-6,12,15H,7-10H2,1-2H3. The fourth-order valence-electron chi connectivity index (χ4n) is 2.19. The zero-order valence-corrected chi connectivity index (χ0v) is 13.0. The van der Waals surface area contributed by atoms with Crippen LogP contribution in [0.25, 0.3) is 0 Å². The molecule has 1 fully saturated rings. The summed E-state index contributed by atoms with van der Waals surface area (Å²) in [5.74, 6) is -0.149. The van der Waals surface area contributed by atoms with E-state index >= 15 is 0 Å². The van der Waals surface area contributed by atoms with Crippen LogP contribution < -0.4 is 5.32 Å². The predicted octanol–water partition coefficient (Wildman–Crippen LogP) is 0.151. The maximum atomic E-state index is 12.3. The van der Waals surface area contributed by atoms with Crippen LogP contribution in [0.3, 0.4) is 0 Å². The molecule has 1 atom stereocenters. The number of nitrogens with one attached hydrogen (secondary N) is 1. The van der Waals surface area contributed by atoms with Crippen LogP contribution in [0.15, 0.2) is 29.2 Å². The lowest BCUT2D eigenvalue weighted by Crippen LogP contribution is -2.45. The molecule has 1 heterocycles. The molecular formula is C14H20N2O4S. The number of morpholine rings is 1. The average Bonchev–Trinajstić information content (AvgIpc) is 2.46. The van der Waals surface area contributed by atoms with Crippen molar-refractivity contribution < 1.29 is 17.9 Å². The summed E-state index contributed by atoms with van der Waals surface area (Å²) in [7, 11) is -1.53. The monoisotopic (exact) mass is 312 g/mol. The molecule has 1 aliphatic heterocycles. The van der Waals surface area contributed by atoms with Crippen LogP contribution >= 0.6 is 0 Å². The van der Waals surface area contributed by atoms with Crippen LogP contribution in [0.5, 0.6) is 0 Å². The van der Waals surface area contributed by atoms with E-state index in [-0.39, 0.29) is 16.9 Å². The highest BCUT2D eigenvalue weighted by atomic mass is 32.2. The lowest BCUT2D eigenvalue weighted by molar-refractivity contribution is 0.0104. The molecule has 0 bridgehead atoms. The summed E-state index contributed by atoms with van der Waals surface area (Å²) in [6.07, 6.45) is 1.13. The number of carbonyl (C=O) groups excluding carboxylic acids is 1. The first-order valence-electron chi connectivity index (χ1n) is 6.76. The van der Waals surface area contributed by atoms with Gasteiger partial charge >= 0.3 is 0 Å². The van der Waals surface area contributed by atoms with E-state index in [1.807, 2.05) is 0 Å². The van der Waals surface area contributed by atoms with E-state index < -0.39 is 9.84 Å². The normalized spacial score (nSPS) is 19.2. The van der Waals surface area contributed by atoms with Crippen molar-refractivity contribution in [3.8, 4) is 0 Å². The molecule has 6 nitrogen and oxygen atoms in total. The van der Waals surface area contributed by atoms with Gasteiger partial charge in [0.1, 0.15) is 0 Å². The Morgan fingerprint density at radius 2 is 2.05 bits per heavy atom. The third-order valence-corrected chi connectivity index (χ3v) is 4.49. The Balaban J connectivity index is 2.01. The molecule has 116 valence electrons. The summed E-state index contributed by atoms with van der Waals surface area (Å²) < 4.78 is 28.3. The van der Waals surface area contributed by atoms with Gasteiger partial charge in [0.25, 0.3) is 5.91 Å². The molecule has 1 aromatic rings. The van der Waals surface area contributed by atoms with Gasteiger partial charge in [-0.3, -0.25) is 4.79 Å². The molecule has 0 aliphatic carbocycles. The fraction of sp³-hybridized carbons (Fsp3) is 0.500. The minimum absolute atomic E-state index is 0.0111. The van der Waals surface area contributed by atoms with Crippen molar-refractivity contribution in [1.82, 2.24) is 10.2 Å². The van der Waals surface area contributed by atoms with Gasteiger partial charge in [0.2, 0.25) is 0 Å². The number of ether oxygens (including phenoxy) is 1. The van der Waals surface area contributed by atoms with Crippen molar-refractivity contribution in [1.29, 1.82) is 0 Å². The highest BCUT2D eigenvalue weighted by Crippen LogP contribution is 2.12. The summed E-state index contributed by atoms with van der Waals surface area (Å²) in [6, 6.07) is 5.98. The Morgan fingerprint density at radius 3 is 2.57 bits per heavy atom. The van der Waals surface area contributed by atoms with Gasteiger partial charge in [-0.25, -0.2) is 8.42 Å². The molecule has 1 amide bonds. The second-order valence-corrected chi connectivity index (χ2v) is 7.19. The van der Waals surface area contributed by atoms with E-state index in [1.165, 1.54) is 24.3 Å². The maximum absolute atomic E-state index is 12.3. The zero-order valence-electron chi connectivity index (χ0n) is 12.2. The van der Waals surface area contributed by atoms with Gasteiger partial charge in [-0.05, 0) is 24.3 Å². The fourth-order valence-corrected chi connectivity index (χ4v) is 2.82. The Bertz CT molecular complexity index is 592. The van der Waals surface area contributed by atoms with Gasteiger partial charge in [0.15, 0.2) is 9.84 Å². The SMILES string of the molecule is CN(CC1CNCCO1)C(=O)c1ccc(S(C)(=O)=O)cc1. The van der Waals surface area contributed by atoms with E-state index in [0.717, 1.165) is 19.3 Å². The number of likely N-dealkylation sites (N-methyl/N-ethyl adjacent to an activating group) is 1. The second-order valence-electron chi connectivity index (χ2n) is 5.18. The largest absolute Gasteiger partial charge is 0.374 e. The van der Waals surface area contributed by atoms with Crippen LogP contribution in [0, 0.1) is 0 Å². The van der Waals surface area contributed by atoms with Crippen LogP contribution in [0.2, 0.25) is 0 Å². The Kier molecular flexibility index (Phi) is 4.97. The van der Waals surface area contributed by atoms with E-state index in [4.69, 9.17) is 4.74 Å². The number of nitrogens with zero attached hydrogens (tertiary/aromatic N) is 1. The van der Waals surface area contributed by atoms with Crippen LogP contribution in [-0.2, 0) is 14.6 Å². The highest BCUT2D eigenvalue weighted by Gasteiger charge is 2.19. The van der Waals surface area contributed by atoms with Crippen LogP contribution in [-0.4, -0.2) is 64.9 Å². The maximum Gasteiger partial charge on any atom is 0.253 e. The molecule has 21 heavy (non-hydrogen) atoms. The molecular weight excluding hydrogens is 292 g/mol. The molecule has 1 aromatic carbocycles. The topological polar surface area (TPSA) is 75.7 Å². The van der Waals surface area contributed by atoms with Crippen LogP contribution in [0.1, 0.15) is 10.4 Å². The number of rotatable bonds is 4. The summed E-state index contributed by atoms with van der Waals surface area (Å²) in [5, 5.41) is 3.21. The van der Waals surface area contributed by atoms with Crippen molar-refractivity contribution in [3.05, 3.63) is 29.8 Å². The summed E-state index contributed by atoms with van der Waals surface area (Å²) >= 11 is 0. The van der Waals surface area contributed by atoms with Crippen molar-refractivity contribution in [2.45, 2.75) is 11.0 Å². The second kappa shape index (κ2) is 6.55. The van der Waals surface area contributed by atoms with Crippen molar-refractivity contribution in [2.75, 3.05) is 39.5 Å². The first-order chi connectivity index (χ1) is 9.88. The van der Waals surface area contributed by atoms with Crippen molar-refractivity contribution >= 4 is 15.7 Å². The minimum Gasteiger partial charge on any atom is -0.374 e. The molecule has 0 spiro atoms. The summed E-state index contributed by atoms with van der Waals surface area (Å²) in [6.45, 7) is 2.71. The Morgan fingerprint density at radius 1 is 1.38 bits per heavy atom. The third-order valence-electron chi connectivity index (χ3n) is 3.36. The first-order valence-corrected chi connectivity index (χ1v) is 8.65. The Hall–Kier alpha value is -1.44. The van der Waals surface area contributed by atoms with E-state index in [2.05, 4.69) is 5.32 Å². The number of amides is 1. The van der Waals surface area contributed by atoms with Crippen LogP contribution in [0.4, 0.5) is 0 Å². The Labute approximate surface area is 125 Å². The van der Waals surface area contributed by atoms with Gasteiger partial charge in [0, 0.05) is 38.5 Å². The average molecular weight is 312 g/mol. The van der Waals surface area contributed by atoms with E-state index in [9.17, 15) is 13.2 Å². The summed E-state index contributed by atoms with van der Waals surface area (Å²) in [4.78, 5) is 14.1. The van der Waals surface area contributed by atoms with Crippen molar-refractivity contribution in [2.24, 2.45) is 0 Å². The predicted molar refractivity (Wildman–Crippen MR) is 79.1 cm³/mol. The molecule has 7 heteroatoms. The number of hydrogen-bond donors (Lipinski definition) is 1. The molecule has 1 aliphatic rings. The molecule has 1 saturated heterocycles. The minimum atomic E-state index is -3.24. The number of carbonyl (C=O) groups is 1. The first kappa shape index (κ1) is 15.9. The third kappa shape index (κ3) is 4.26. The number of hydrogen-bond acceptors (Lipinski definition) is 5. The molecule has 0 aromatic heterocycles. The van der Waals surface area contributed by atoms with Gasteiger partial charge in [-0.1, -0.05) is 0 Å². The smallest absolute Gasteiger partial charge is 0.253 e. The van der Waals surface area contributed by atoms with E-state index in [1.54, 1.807) is 11.9 Å². The molecule has 1 unspecified atom stereocenters. The molecule has 0 radical (unpaired) electrons. The lowest BCUT2D eigenvalue weighted by atomic mass is 10.2. The molecule has 0 saturated carbocycles. The van der Waals surface area contributed by atoms with Gasteiger partial charge in [-0.2, -0.15) is 0 Å². The van der Waals surface area contributed by atoms with Gasteiger partial charge in [0.05, 0.1) is 17.6 Å². The number of sulfone groups is 1. The number of benzene rings is 1. The zero-order chi connectivity index (χ0) is 15.5. The molecule has 2 rings (SSSR count). The lowest BCUT2D eigenvalue weighted by Gasteiger charge is -2.28. The van der Waals surface area contributed by atoms with Gasteiger partial charge < -0.3 is 15.0 Å². The van der Waals surface area contributed by atoms with Gasteiger partial charge in [-0.15, -0.1) is 0 Å². The quantitative estimate of drug-likeness (QED) is 0.856. The van der Waals surface area contributed by atoms with E-state index in [0.29, 0.717) is 18.7 Å². The molecule has 1 N–H and O–H groups in total. The van der Waals surface area contributed by atoms with Crippen molar-refractivity contribution in [3.63, 3.8) is 0 Å². The highest BCUT2D eigenvalue weighted by molar-refractivity contribution is 7.90. The summed E-state index contributed by atoms with van der Waals surface area (Å²) in [5.41, 5.74) is 0.466.